The molecule has 0 aliphatic carbocycles. The average molecular weight is 357 g/mol. The van der Waals surface area contributed by atoms with Gasteiger partial charge in [0, 0.05) is 11.5 Å². The number of fused-ring (bicyclic) bond motifs is 1. The lowest BCUT2D eigenvalue weighted by molar-refractivity contribution is 1.28. The highest BCUT2D eigenvalue weighted by molar-refractivity contribution is 8.32. The smallest absolute Gasteiger partial charge is 0.00640 e. The minimum Gasteiger partial charge on any atom is -0.209 e. The summed E-state index contributed by atoms with van der Waals surface area (Å²) in [7, 11) is -1.02. The lowest BCUT2D eigenvalue weighted by atomic mass is 10.1. The van der Waals surface area contributed by atoms with Gasteiger partial charge in [-0.15, -0.1) is 0 Å². The van der Waals surface area contributed by atoms with Crippen molar-refractivity contribution in [1.82, 2.24) is 0 Å². The summed E-state index contributed by atoms with van der Waals surface area (Å²) >= 11 is 0. The number of hydrogen-bond acceptors (Lipinski definition) is 0. The van der Waals surface area contributed by atoms with Gasteiger partial charge in [-0.2, -0.15) is 0 Å². The molecule has 0 bridgehead atoms. The molecule has 0 atom stereocenters. The number of benzene rings is 4. The minimum atomic E-state index is -1.02. The highest BCUT2D eigenvalue weighted by atomic mass is 32.3. The van der Waals surface area contributed by atoms with Gasteiger partial charge in [-0.25, -0.2) is 10.0 Å². The molecule has 0 aromatic heterocycles. The number of rotatable bonds is 5. The van der Waals surface area contributed by atoms with Crippen LogP contribution in [0.25, 0.3) is 10.8 Å². The minimum absolute atomic E-state index is 1.02. The van der Waals surface area contributed by atoms with Crippen LogP contribution in [0.3, 0.4) is 0 Å². The van der Waals surface area contributed by atoms with Crippen molar-refractivity contribution in [3.05, 3.63) is 114 Å². The van der Waals surface area contributed by atoms with E-state index in [2.05, 4.69) is 109 Å². The fourth-order valence-corrected chi connectivity index (χ4v) is 6.68. The van der Waals surface area contributed by atoms with E-state index in [1.807, 2.05) is 0 Å². The lowest BCUT2D eigenvalue weighted by Gasteiger charge is -2.37. The van der Waals surface area contributed by atoms with E-state index >= 15 is 0 Å². The third kappa shape index (κ3) is 3.68. The van der Waals surface area contributed by atoms with E-state index in [0.717, 1.165) is 11.5 Å². The Balaban J connectivity index is 1.77. The third-order valence-corrected chi connectivity index (χ3v) is 8.28. The second-order valence-electron chi connectivity index (χ2n) is 7.04. The van der Waals surface area contributed by atoms with Crippen molar-refractivity contribution < 1.29 is 0 Å². The van der Waals surface area contributed by atoms with Crippen LogP contribution in [0.5, 0.6) is 0 Å². The van der Waals surface area contributed by atoms with Gasteiger partial charge >= 0.3 is 0 Å². The first-order valence-corrected chi connectivity index (χ1v) is 11.4. The zero-order valence-electron chi connectivity index (χ0n) is 15.1. The average Bonchev–Trinajstić information content (AvgIpc) is 2.69. The van der Waals surface area contributed by atoms with E-state index in [1.165, 1.54) is 26.8 Å². The summed E-state index contributed by atoms with van der Waals surface area (Å²) in [6.07, 6.45) is 2.48. The summed E-state index contributed by atoms with van der Waals surface area (Å²) < 4.78 is 0. The Bertz CT molecular complexity index is 948. The molecule has 1 heteroatoms. The third-order valence-electron chi connectivity index (χ3n) is 4.95. The fourth-order valence-electron chi connectivity index (χ4n) is 3.58. The quantitative estimate of drug-likeness (QED) is 0.360. The molecule has 0 aliphatic rings. The summed E-state index contributed by atoms with van der Waals surface area (Å²) in [5.74, 6) is 2.22. The zero-order chi connectivity index (χ0) is 17.8. The fraction of sp³-hybridized carbons (Fsp3) is 0.120. The molecule has 0 unspecified atom stereocenters. The Hall–Kier alpha value is -2.51. The van der Waals surface area contributed by atoms with Crippen LogP contribution in [0.2, 0.25) is 0 Å². The molecular weight excluding hydrogens is 332 g/mol. The van der Waals surface area contributed by atoms with Crippen molar-refractivity contribution in [2.75, 3.05) is 6.26 Å². The van der Waals surface area contributed by atoms with Gasteiger partial charge in [0.15, 0.2) is 0 Å². The molecule has 26 heavy (non-hydrogen) atoms. The van der Waals surface area contributed by atoms with Crippen molar-refractivity contribution in [2.24, 2.45) is 0 Å². The Kier molecular flexibility index (Phi) is 4.81. The van der Waals surface area contributed by atoms with Crippen LogP contribution in [0.1, 0.15) is 11.1 Å². The van der Waals surface area contributed by atoms with E-state index in [1.54, 1.807) is 0 Å². The highest BCUT2D eigenvalue weighted by Gasteiger charge is 2.22. The van der Waals surface area contributed by atoms with Crippen molar-refractivity contribution in [2.45, 2.75) is 16.4 Å². The van der Waals surface area contributed by atoms with Crippen LogP contribution >= 0.6 is 10.0 Å². The Morgan fingerprint density at radius 2 is 1.04 bits per heavy atom. The van der Waals surface area contributed by atoms with Gasteiger partial charge in [0.05, 0.1) is 0 Å². The summed E-state index contributed by atoms with van der Waals surface area (Å²) in [6.45, 7) is 0. The molecule has 4 rings (SSSR count). The van der Waals surface area contributed by atoms with Gasteiger partial charge < -0.3 is 0 Å². The molecule has 4 aromatic rings. The first-order valence-electron chi connectivity index (χ1n) is 9.03. The standard InChI is InChI=1S/C25H24S/c1-26(19-21-10-4-2-5-11-21,20-22-12-6-3-7-13-22)25-17-16-23-14-8-9-15-24(23)18-25/h2-18H,19-20H2,1H3. The van der Waals surface area contributed by atoms with Crippen molar-refractivity contribution in [3.63, 3.8) is 0 Å². The highest BCUT2D eigenvalue weighted by Crippen LogP contribution is 2.58. The van der Waals surface area contributed by atoms with E-state index in [-0.39, 0.29) is 0 Å². The predicted molar refractivity (Wildman–Crippen MR) is 116 cm³/mol. The summed E-state index contributed by atoms with van der Waals surface area (Å²) in [5.41, 5.74) is 2.85. The normalized spacial score (nSPS) is 12.2. The molecule has 130 valence electrons. The molecule has 0 heterocycles. The molecule has 0 spiro atoms. The van der Waals surface area contributed by atoms with Crippen molar-refractivity contribution >= 4 is 20.8 Å². The molecule has 0 nitrogen and oxygen atoms in total. The van der Waals surface area contributed by atoms with Crippen LogP contribution in [0.4, 0.5) is 0 Å². The van der Waals surface area contributed by atoms with Gasteiger partial charge in [-0.1, -0.05) is 91.0 Å². The largest absolute Gasteiger partial charge is 0.209 e. The van der Waals surface area contributed by atoms with Crippen LogP contribution in [-0.2, 0) is 11.5 Å². The van der Waals surface area contributed by atoms with Gasteiger partial charge in [-0.3, -0.25) is 0 Å². The monoisotopic (exact) mass is 356 g/mol. The van der Waals surface area contributed by atoms with Crippen LogP contribution in [0, 0.1) is 0 Å². The first-order chi connectivity index (χ1) is 12.7. The summed E-state index contributed by atoms with van der Waals surface area (Å²) in [6, 6.07) is 37.6. The molecule has 0 amide bonds. The van der Waals surface area contributed by atoms with Gasteiger partial charge in [0.25, 0.3) is 0 Å². The maximum Gasteiger partial charge on any atom is 0.00640 e. The molecular formula is C25H24S. The topological polar surface area (TPSA) is 0 Å². The zero-order valence-corrected chi connectivity index (χ0v) is 16.0. The molecule has 0 N–H and O–H groups in total. The van der Waals surface area contributed by atoms with Gasteiger partial charge in [0.1, 0.15) is 0 Å². The second kappa shape index (κ2) is 7.39. The first kappa shape index (κ1) is 16.9. The van der Waals surface area contributed by atoms with Crippen LogP contribution in [0.15, 0.2) is 108 Å². The molecule has 0 radical (unpaired) electrons. The molecule has 0 saturated carbocycles. The maximum atomic E-state index is 2.48. The Morgan fingerprint density at radius 1 is 0.538 bits per heavy atom. The molecule has 0 fully saturated rings. The van der Waals surface area contributed by atoms with Crippen LogP contribution < -0.4 is 0 Å². The maximum absolute atomic E-state index is 2.48. The second-order valence-corrected chi connectivity index (χ2v) is 10.6. The summed E-state index contributed by atoms with van der Waals surface area (Å²) in [5, 5.41) is 2.65. The van der Waals surface area contributed by atoms with E-state index in [9.17, 15) is 0 Å². The molecule has 0 aliphatic heterocycles. The van der Waals surface area contributed by atoms with Crippen LogP contribution in [-0.4, -0.2) is 6.26 Å². The molecule has 4 aromatic carbocycles. The molecule has 0 saturated heterocycles. The SMILES string of the molecule is CS(Cc1ccccc1)(Cc1ccccc1)c1ccc2ccccc2c1. The Morgan fingerprint density at radius 3 is 1.62 bits per heavy atom. The number of hydrogen-bond donors (Lipinski definition) is 0. The lowest BCUT2D eigenvalue weighted by Crippen LogP contribution is -2.06. The predicted octanol–water partition coefficient (Wildman–Crippen LogP) is 7.03. The summed E-state index contributed by atoms with van der Waals surface area (Å²) in [4.78, 5) is 1.49. The van der Waals surface area contributed by atoms with E-state index in [0.29, 0.717) is 0 Å². The van der Waals surface area contributed by atoms with Gasteiger partial charge in [0.2, 0.25) is 0 Å². The van der Waals surface area contributed by atoms with Crippen molar-refractivity contribution in [1.29, 1.82) is 0 Å². The van der Waals surface area contributed by atoms with Crippen molar-refractivity contribution in [3.8, 4) is 0 Å². The van der Waals surface area contributed by atoms with Gasteiger partial charge in [-0.05, 0) is 45.2 Å². The Labute approximate surface area is 157 Å². The van der Waals surface area contributed by atoms with E-state index in [4.69, 9.17) is 0 Å². The van der Waals surface area contributed by atoms with E-state index < -0.39 is 10.0 Å².